The Bertz CT molecular complexity index is 255. The highest BCUT2D eigenvalue weighted by Gasteiger charge is 2.25. The van der Waals surface area contributed by atoms with Gasteiger partial charge in [-0.1, -0.05) is 30.2 Å². The van der Waals surface area contributed by atoms with Crippen molar-refractivity contribution in [1.82, 2.24) is 5.32 Å². The maximum atomic E-state index is 6.05. The van der Waals surface area contributed by atoms with E-state index in [2.05, 4.69) is 24.4 Å². The number of hydrogen-bond donors (Lipinski definition) is 1. The molecule has 0 amide bonds. The molecule has 1 aliphatic heterocycles. The highest BCUT2D eigenvalue weighted by atomic mass is 35.5. The summed E-state index contributed by atoms with van der Waals surface area (Å²) >= 11 is 6.05. The van der Waals surface area contributed by atoms with Gasteiger partial charge in [-0.05, 0) is 43.8 Å². The molecule has 2 heteroatoms. The van der Waals surface area contributed by atoms with Crippen LogP contribution in [0.15, 0.2) is 22.8 Å². The molecular formula is C11H16ClN. The van der Waals surface area contributed by atoms with E-state index in [4.69, 9.17) is 11.6 Å². The zero-order valence-electron chi connectivity index (χ0n) is 8.02. The molecule has 0 aromatic heterocycles. The third-order valence-corrected chi connectivity index (χ3v) is 3.39. The van der Waals surface area contributed by atoms with Crippen molar-refractivity contribution < 1.29 is 0 Å². The fraction of sp³-hybridized carbons (Fsp3) is 0.636. The van der Waals surface area contributed by atoms with Crippen molar-refractivity contribution in [2.75, 3.05) is 13.1 Å². The van der Waals surface area contributed by atoms with Gasteiger partial charge in [-0.2, -0.15) is 0 Å². The number of halogens is 1. The molecule has 2 aliphatic rings. The van der Waals surface area contributed by atoms with E-state index in [1.165, 1.54) is 6.42 Å². The molecule has 2 rings (SSSR count). The fourth-order valence-corrected chi connectivity index (χ4v) is 2.50. The van der Waals surface area contributed by atoms with E-state index in [0.717, 1.165) is 30.5 Å². The van der Waals surface area contributed by atoms with Crippen LogP contribution in [0, 0.1) is 11.8 Å². The van der Waals surface area contributed by atoms with E-state index in [1.54, 1.807) is 5.57 Å². The van der Waals surface area contributed by atoms with Crippen molar-refractivity contribution in [3.63, 3.8) is 0 Å². The summed E-state index contributed by atoms with van der Waals surface area (Å²) < 4.78 is 0. The first-order valence-electron chi connectivity index (χ1n) is 5.03. The second-order valence-electron chi connectivity index (χ2n) is 4.10. The van der Waals surface area contributed by atoms with Gasteiger partial charge in [0, 0.05) is 5.03 Å². The van der Waals surface area contributed by atoms with Crippen molar-refractivity contribution in [3.8, 4) is 0 Å². The first-order chi connectivity index (χ1) is 6.27. The van der Waals surface area contributed by atoms with Crippen molar-refractivity contribution >= 4 is 11.6 Å². The molecule has 2 unspecified atom stereocenters. The van der Waals surface area contributed by atoms with Crippen LogP contribution in [0.3, 0.4) is 0 Å². The summed E-state index contributed by atoms with van der Waals surface area (Å²) in [5, 5.41) is 4.48. The largest absolute Gasteiger partial charge is 0.316 e. The Labute approximate surface area is 84.9 Å². The zero-order chi connectivity index (χ0) is 9.26. The van der Waals surface area contributed by atoms with Gasteiger partial charge in [0.2, 0.25) is 0 Å². The maximum absolute atomic E-state index is 6.05. The molecule has 1 N–H and O–H groups in total. The Morgan fingerprint density at radius 3 is 3.15 bits per heavy atom. The lowest BCUT2D eigenvalue weighted by Crippen LogP contribution is -2.23. The first-order valence-corrected chi connectivity index (χ1v) is 5.41. The summed E-state index contributed by atoms with van der Waals surface area (Å²) in [6.45, 7) is 4.57. The summed E-state index contributed by atoms with van der Waals surface area (Å²) in [4.78, 5) is 0. The number of hydrogen-bond acceptors (Lipinski definition) is 1. The van der Waals surface area contributed by atoms with Crippen molar-refractivity contribution in [2.45, 2.75) is 19.8 Å². The molecule has 13 heavy (non-hydrogen) atoms. The summed E-state index contributed by atoms with van der Waals surface area (Å²) in [6, 6.07) is 0. The van der Waals surface area contributed by atoms with Gasteiger partial charge < -0.3 is 5.32 Å². The smallest absolute Gasteiger partial charge is 0.0187 e. The normalized spacial score (nSPS) is 34.3. The number of fused-ring (bicyclic) bond motifs is 1. The van der Waals surface area contributed by atoms with E-state index in [0.29, 0.717) is 5.92 Å². The molecule has 0 saturated carbocycles. The standard InChI is InChI=1S/C11H16ClN/c1-8-7-13-5-4-9-2-3-10(12)6-11(8)9/h2-3,8,11,13H,4-7H2,1H3. The molecule has 0 aromatic rings. The first kappa shape index (κ1) is 9.29. The van der Waals surface area contributed by atoms with Crippen LogP contribution in [0.1, 0.15) is 19.8 Å². The fourth-order valence-electron chi connectivity index (χ4n) is 2.27. The molecule has 0 bridgehead atoms. The van der Waals surface area contributed by atoms with Gasteiger partial charge in [-0.25, -0.2) is 0 Å². The average molecular weight is 198 g/mol. The topological polar surface area (TPSA) is 12.0 Å². The SMILES string of the molecule is CC1CNCCC2=CC=C(Cl)CC21. The Hall–Kier alpha value is -0.270. The minimum absolute atomic E-state index is 0.687. The molecular weight excluding hydrogens is 182 g/mol. The summed E-state index contributed by atoms with van der Waals surface area (Å²) in [5.41, 5.74) is 1.59. The number of nitrogens with one attached hydrogen (secondary N) is 1. The Kier molecular flexibility index (Phi) is 2.75. The average Bonchev–Trinajstić information content (AvgIpc) is 2.29. The second kappa shape index (κ2) is 3.85. The summed E-state index contributed by atoms with van der Waals surface area (Å²) in [7, 11) is 0. The summed E-state index contributed by atoms with van der Waals surface area (Å²) in [5.74, 6) is 1.41. The van der Waals surface area contributed by atoms with E-state index >= 15 is 0 Å². The van der Waals surface area contributed by atoms with E-state index in [1.807, 2.05) is 0 Å². The molecule has 2 atom stereocenters. The highest BCUT2D eigenvalue weighted by molar-refractivity contribution is 6.29. The lowest BCUT2D eigenvalue weighted by Gasteiger charge is -2.25. The zero-order valence-corrected chi connectivity index (χ0v) is 8.77. The molecule has 1 nitrogen and oxygen atoms in total. The molecule has 1 fully saturated rings. The molecule has 1 saturated heterocycles. The Morgan fingerprint density at radius 2 is 2.31 bits per heavy atom. The van der Waals surface area contributed by atoms with E-state index in [-0.39, 0.29) is 0 Å². The van der Waals surface area contributed by atoms with Crippen LogP contribution in [0.25, 0.3) is 0 Å². The summed E-state index contributed by atoms with van der Waals surface area (Å²) in [6.07, 6.45) is 6.53. The third kappa shape index (κ3) is 1.97. The molecule has 1 heterocycles. The lowest BCUT2D eigenvalue weighted by molar-refractivity contribution is 0.408. The van der Waals surface area contributed by atoms with Gasteiger partial charge in [0.15, 0.2) is 0 Å². The minimum atomic E-state index is 0.687. The van der Waals surface area contributed by atoms with Gasteiger partial charge in [0.25, 0.3) is 0 Å². The van der Waals surface area contributed by atoms with Crippen LogP contribution >= 0.6 is 11.6 Å². The van der Waals surface area contributed by atoms with E-state index < -0.39 is 0 Å². The minimum Gasteiger partial charge on any atom is -0.316 e. The molecule has 1 aliphatic carbocycles. The predicted molar refractivity (Wildman–Crippen MR) is 56.8 cm³/mol. The van der Waals surface area contributed by atoms with Crippen LogP contribution in [0.4, 0.5) is 0 Å². The number of rotatable bonds is 0. The molecule has 0 aromatic carbocycles. The van der Waals surface area contributed by atoms with Crippen LogP contribution in [-0.4, -0.2) is 13.1 Å². The van der Waals surface area contributed by atoms with Gasteiger partial charge in [0.05, 0.1) is 0 Å². The van der Waals surface area contributed by atoms with Crippen LogP contribution in [-0.2, 0) is 0 Å². The predicted octanol–water partition coefficient (Wildman–Crippen LogP) is 2.68. The Balaban J connectivity index is 2.20. The van der Waals surface area contributed by atoms with Gasteiger partial charge in [-0.15, -0.1) is 0 Å². The second-order valence-corrected chi connectivity index (χ2v) is 4.58. The lowest BCUT2D eigenvalue weighted by atomic mass is 9.81. The van der Waals surface area contributed by atoms with Crippen LogP contribution in [0.5, 0.6) is 0 Å². The maximum Gasteiger partial charge on any atom is 0.0187 e. The van der Waals surface area contributed by atoms with Gasteiger partial charge in [-0.3, -0.25) is 0 Å². The quantitative estimate of drug-likeness (QED) is 0.630. The number of allylic oxidation sites excluding steroid dienone is 3. The molecule has 0 radical (unpaired) electrons. The molecule has 0 spiro atoms. The monoisotopic (exact) mass is 197 g/mol. The highest BCUT2D eigenvalue weighted by Crippen LogP contribution is 2.35. The van der Waals surface area contributed by atoms with Crippen molar-refractivity contribution in [3.05, 3.63) is 22.8 Å². The van der Waals surface area contributed by atoms with Crippen LogP contribution in [0.2, 0.25) is 0 Å². The van der Waals surface area contributed by atoms with Crippen molar-refractivity contribution in [1.29, 1.82) is 0 Å². The van der Waals surface area contributed by atoms with Gasteiger partial charge >= 0.3 is 0 Å². The Morgan fingerprint density at radius 1 is 1.46 bits per heavy atom. The van der Waals surface area contributed by atoms with Crippen LogP contribution < -0.4 is 5.32 Å². The van der Waals surface area contributed by atoms with Crippen molar-refractivity contribution in [2.24, 2.45) is 11.8 Å². The van der Waals surface area contributed by atoms with Gasteiger partial charge in [0.1, 0.15) is 0 Å². The third-order valence-electron chi connectivity index (χ3n) is 3.11. The van der Waals surface area contributed by atoms with E-state index in [9.17, 15) is 0 Å². The molecule has 72 valence electrons.